The second kappa shape index (κ2) is 13.5. The molecule has 3 aromatic rings. The minimum absolute atomic E-state index is 0.0753. The number of hydrogen-bond acceptors (Lipinski definition) is 12. The second-order valence-electron chi connectivity index (χ2n) is 9.30. The normalized spacial score (nSPS) is 18.3. The van der Waals surface area contributed by atoms with Gasteiger partial charge in [0.2, 0.25) is 16.7 Å². The number of β-lactam (4-membered cyclic amide) rings is 1. The van der Waals surface area contributed by atoms with E-state index < -0.39 is 46.8 Å². The van der Waals surface area contributed by atoms with Crippen molar-refractivity contribution in [3.63, 3.8) is 0 Å². The number of benzene rings is 2. The van der Waals surface area contributed by atoms with E-state index in [4.69, 9.17) is 4.74 Å². The van der Waals surface area contributed by atoms with E-state index >= 15 is 0 Å². The Morgan fingerprint density at radius 2 is 1.81 bits per heavy atom. The molecule has 1 saturated heterocycles. The lowest BCUT2D eigenvalue weighted by Crippen LogP contribution is -2.71. The van der Waals surface area contributed by atoms with Crippen LogP contribution >= 0.6 is 39.5 Å². The number of amides is 2. The SMILES string of the molecule is Cn1nnnc1SCC1=C(C(=O)OC(c2ccccc2)c2ccccc2)N2C(=O)C(NC(=O)C(=NO)C(=O)CBr)[C@@H]2SC1. The molecule has 0 saturated carbocycles. The van der Waals surface area contributed by atoms with Crippen LogP contribution in [-0.2, 0) is 31.0 Å². The molecule has 5 rings (SSSR count). The number of alkyl halides is 1. The number of tetrazole rings is 1. The van der Waals surface area contributed by atoms with Crippen molar-refractivity contribution in [3.05, 3.63) is 83.1 Å². The third kappa shape index (κ3) is 6.35. The van der Waals surface area contributed by atoms with Crippen LogP contribution in [0.5, 0.6) is 0 Å². The number of ether oxygens (including phenoxy) is 1. The number of hydrogen-bond donors (Lipinski definition) is 2. The zero-order valence-corrected chi connectivity index (χ0v) is 25.7. The van der Waals surface area contributed by atoms with E-state index in [1.807, 2.05) is 60.7 Å². The Morgan fingerprint density at radius 1 is 1.16 bits per heavy atom. The maximum absolute atomic E-state index is 14.0. The van der Waals surface area contributed by atoms with Gasteiger partial charge in [0.05, 0.1) is 5.33 Å². The molecule has 1 fully saturated rings. The Labute approximate surface area is 262 Å². The van der Waals surface area contributed by atoms with Crippen LogP contribution in [0.15, 0.2) is 82.2 Å². The van der Waals surface area contributed by atoms with E-state index in [9.17, 15) is 24.4 Å². The number of nitrogens with zero attached hydrogens (tertiary/aromatic N) is 6. The van der Waals surface area contributed by atoms with E-state index in [1.165, 1.54) is 33.1 Å². The van der Waals surface area contributed by atoms with Gasteiger partial charge >= 0.3 is 5.97 Å². The first-order chi connectivity index (χ1) is 20.8. The van der Waals surface area contributed by atoms with Gasteiger partial charge in [0.1, 0.15) is 17.1 Å². The number of nitrogens with one attached hydrogen (secondary N) is 1. The number of Topliss-reactive ketones (excluding diaryl/α,β-unsaturated/α-hetero) is 1. The van der Waals surface area contributed by atoms with Crippen LogP contribution in [0.1, 0.15) is 17.2 Å². The van der Waals surface area contributed by atoms with Crippen molar-refractivity contribution in [3.8, 4) is 0 Å². The minimum atomic E-state index is -1.06. The molecule has 0 radical (unpaired) electrons. The number of carbonyl (C=O) groups is 4. The molecule has 2 aliphatic rings. The summed E-state index contributed by atoms with van der Waals surface area (Å²) in [7, 11) is 1.69. The number of carbonyl (C=O) groups excluding carboxylic acids is 4. The number of halogens is 1. The molecule has 0 aliphatic carbocycles. The first-order valence-electron chi connectivity index (χ1n) is 12.8. The Kier molecular flexibility index (Phi) is 9.57. The molecule has 16 heteroatoms. The molecule has 3 heterocycles. The predicted octanol–water partition coefficient (Wildman–Crippen LogP) is 2.08. The van der Waals surface area contributed by atoms with Crippen LogP contribution in [0, 0.1) is 0 Å². The maximum atomic E-state index is 14.0. The fourth-order valence-corrected chi connectivity index (χ4v) is 7.13. The van der Waals surface area contributed by atoms with Gasteiger partial charge in [-0.25, -0.2) is 9.48 Å². The lowest BCUT2D eigenvalue weighted by atomic mass is 10.0. The lowest BCUT2D eigenvalue weighted by Gasteiger charge is -2.49. The van der Waals surface area contributed by atoms with Gasteiger partial charge < -0.3 is 15.3 Å². The Hall–Kier alpha value is -4.02. The summed E-state index contributed by atoms with van der Waals surface area (Å²) in [6, 6.07) is 17.5. The van der Waals surface area contributed by atoms with Crippen molar-refractivity contribution < 1.29 is 29.1 Å². The molecule has 2 atom stereocenters. The molecule has 0 spiro atoms. The van der Waals surface area contributed by atoms with E-state index in [2.05, 4.69) is 41.9 Å². The lowest BCUT2D eigenvalue weighted by molar-refractivity contribution is -0.154. The monoisotopic (exact) mass is 685 g/mol. The summed E-state index contributed by atoms with van der Waals surface area (Å²) in [5.74, 6) is -2.40. The van der Waals surface area contributed by atoms with Crippen LogP contribution in [0.4, 0.5) is 0 Å². The highest BCUT2D eigenvalue weighted by molar-refractivity contribution is 9.09. The third-order valence-corrected chi connectivity index (χ3v) is 9.56. The summed E-state index contributed by atoms with van der Waals surface area (Å²) in [4.78, 5) is 53.4. The van der Waals surface area contributed by atoms with Gasteiger partial charge in [0, 0.05) is 18.6 Å². The molecular weight excluding hydrogens is 662 g/mol. The summed E-state index contributed by atoms with van der Waals surface area (Å²) in [5.41, 5.74) is 1.47. The van der Waals surface area contributed by atoms with E-state index in [1.54, 1.807) is 7.05 Å². The number of oxime groups is 1. The fraction of sp³-hybridized carbons (Fsp3) is 0.259. The molecule has 13 nitrogen and oxygen atoms in total. The number of thioether (sulfide) groups is 2. The second-order valence-corrected chi connectivity index (χ2v) is 11.9. The van der Waals surface area contributed by atoms with Gasteiger partial charge in [0.25, 0.3) is 11.8 Å². The molecule has 0 bridgehead atoms. The smallest absolute Gasteiger partial charge is 0.356 e. The molecule has 1 unspecified atom stereocenters. The van der Waals surface area contributed by atoms with E-state index in [0.29, 0.717) is 22.2 Å². The van der Waals surface area contributed by atoms with Crippen LogP contribution in [0.2, 0.25) is 0 Å². The molecule has 2 aliphatic heterocycles. The van der Waals surface area contributed by atoms with Crippen molar-refractivity contribution in [2.45, 2.75) is 22.7 Å². The number of rotatable bonds is 11. The summed E-state index contributed by atoms with van der Waals surface area (Å²) >= 11 is 5.57. The van der Waals surface area contributed by atoms with Gasteiger partial charge in [-0.15, -0.1) is 16.9 Å². The van der Waals surface area contributed by atoms with E-state index in [-0.39, 0.29) is 11.0 Å². The van der Waals surface area contributed by atoms with Crippen LogP contribution in [-0.4, -0.2) is 87.8 Å². The standard InChI is InChI=1S/C27H24BrN7O6S2/c1-34-27(30-32-33-34)43-14-17-13-42-25-20(29-23(37)19(31-40)18(36)12-28)24(38)35(25)21(17)26(39)41-22(15-8-4-2-5-9-15)16-10-6-3-7-11-16/h2-11,20,22,25,40H,12-14H2,1H3,(H,29,37)/t20?,25-/m0/s1. The number of esters is 1. The first-order valence-corrected chi connectivity index (χ1v) is 15.9. The van der Waals surface area contributed by atoms with Crippen molar-refractivity contribution in [2.75, 3.05) is 16.8 Å². The largest absolute Gasteiger partial charge is 0.448 e. The topological polar surface area (TPSA) is 169 Å². The summed E-state index contributed by atoms with van der Waals surface area (Å²) in [6.07, 6.45) is -0.752. The van der Waals surface area contributed by atoms with E-state index in [0.717, 1.165) is 11.1 Å². The van der Waals surface area contributed by atoms with Gasteiger partial charge in [-0.05, 0) is 27.1 Å². The average molecular weight is 687 g/mol. The van der Waals surface area contributed by atoms with Gasteiger partial charge in [0.15, 0.2) is 6.10 Å². The zero-order valence-electron chi connectivity index (χ0n) is 22.5. The molecule has 2 amide bonds. The summed E-state index contributed by atoms with van der Waals surface area (Å²) < 4.78 is 7.63. The average Bonchev–Trinajstić information content (AvgIpc) is 3.45. The minimum Gasteiger partial charge on any atom is -0.448 e. The Balaban J connectivity index is 1.45. The maximum Gasteiger partial charge on any atom is 0.356 e. The molecule has 43 heavy (non-hydrogen) atoms. The number of aromatic nitrogens is 4. The number of aryl methyl sites for hydroxylation is 1. The molecule has 1 aromatic heterocycles. The van der Waals surface area contributed by atoms with Crippen LogP contribution in [0.3, 0.4) is 0 Å². The number of fused-ring (bicyclic) bond motifs is 1. The Bertz CT molecular complexity index is 1560. The van der Waals surface area contributed by atoms with Crippen LogP contribution in [0.25, 0.3) is 0 Å². The molecule has 2 aromatic carbocycles. The first kappa shape index (κ1) is 30.4. The molecule has 222 valence electrons. The highest BCUT2D eigenvalue weighted by atomic mass is 79.9. The molecule has 2 N–H and O–H groups in total. The fourth-order valence-electron chi connectivity index (χ4n) is 4.53. The number of ketones is 1. The predicted molar refractivity (Wildman–Crippen MR) is 160 cm³/mol. The highest BCUT2D eigenvalue weighted by Crippen LogP contribution is 2.42. The zero-order chi connectivity index (χ0) is 30.5. The van der Waals surface area contributed by atoms with Crippen molar-refractivity contribution >= 4 is 68.7 Å². The van der Waals surface area contributed by atoms with Crippen molar-refractivity contribution in [2.24, 2.45) is 12.2 Å². The van der Waals surface area contributed by atoms with Gasteiger partial charge in [-0.2, -0.15) is 0 Å². The van der Waals surface area contributed by atoms with Crippen LogP contribution < -0.4 is 5.32 Å². The molecular formula is C27H24BrN7O6S2. The van der Waals surface area contributed by atoms with Gasteiger partial charge in [-0.3, -0.25) is 19.3 Å². The van der Waals surface area contributed by atoms with Crippen molar-refractivity contribution in [1.82, 2.24) is 30.4 Å². The highest BCUT2D eigenvalue weighted by Gasteiger charge is 2.55. The summed E-state index contributed by atoms with van der Waals surface area (Å²) in [6.45, 7) is 0. The van der Waals surface area contributed by atoms with Gasteiger partial charge in [-0.1, -0.05) is 93.5 Å². The van der Waals surface area contributed by atoms with Crippen molar-refractivity contribution in [1.29, 1.82) is 0 Å². The Morgan fingerprint density at radius 3 is 2.37 bits per heavy atom. The quantitative estimate of drug-likeness (QED) is 0.0443. The summed E-state index contributed by atoms with van der Waals surface area (Å²) in [5, 5.41) is 25.5. The third-order valence-electron chi connectivity index (χ3n) is 6.61.